The van der Waals surface area contributed by atoms with Crippen LogP contribution in [-0.2, 0) is 9.59 Å². The fourth-order valence-electron chi connectivity index (χ4n) is 3.79. The Bertz CT molecular complexity index is 1230. The predicted octanol–water partition coefficient (Wildman–Crippen LogP) is 5.58. The maximum absolute atomic E-state index is 13.7. The summed E-state index contributed by atoms with van der Waals surface area (Å²) in [6.45, 7) is 6.93. The second-order valence-corrected chi connectivity index (χ2v) is 7.96. The van der Waals surface area contributed by atoms with Crippen LogP contribution >= 0.6 is 0 Å². The van der Waals surface area contributed by atoms with Gasteiger partial charge in [-0.05, 0) is 50.1 Å². The van der Waals surface area contributed by atoms with Gasteiger partial charge in [-0.1, -0.05) is 55.0 Å². The van der Waals surface area contributed by atoms with Crippen LogP contribution in [0, 0.1) is 6.92 Å². The molecule has 6 heteroatoms. The standard InChI is InChI=1S/C28H28N2O4/c1-4-17-34-22-10-8-9-21(18-22)30-27(31)25(20-15-13-19(3)14-16-20)26(28(30)32)29-23-11-6-7-12-24(23)33-5-2/h6-16,18,29H,4-5,17H2,1-3H3. The SMILES string of the molecule is CCCOc1cccc(N2C(=O)C(Nc3ccccc3OCC)=C(c3ccc(C)cc3)C2=O)c1. The van der Waals surface area contributed by atoms with Gasteiger partial charge in [0.25, 0.3) is 11.8 Å². The third-order valence-electron chi connectivity index (χ3n) is 5.42. The first-order chi connectivity index (χ1) is 16.5. The van der Waals surface area contributed by atoms with Crippen molar-refractivity contribution in [1.29, 1.82) is 0 Å². The number of benzene rings is 3. The topological polar surface area (TPSA) is 67.9 Å². The van der Waals surface area contributed by atoms with Crippen molar-refractivity contribution in [2.24, 2.45) is 0 Å². The van der Waals surface area contributed by atoms with Crippen molar-refractivity contribution < 1.29 is 19.1 Å². The molecule has 0 saturated heterocycles. The van der Waals surface area contributed by atoms with Gasteiger partial charge in [0.15, 0.2) is 0 Å². The van der Waals surface area contributed by atoms with Crippen LogP contribution in [-0.4, -0.2) is 25.0 Å². The Morgan fingerprint density at radius 2 is 1.62 bits per heavy atom. The monoisotopic (exact) mass is 456 g/mol. The highest BCUT2D eigenvalue weighted by molar-refractivity contribution is 6.46. The molecular formula is C28H28N2O4. The Labute approximate surface area is 199 Å². The number of carbonyl (C=O) groups is 2. The van der Waals surface area contributed by atoms with E-state index in [1.807, 2.05) is 75.4 Å². The van der Waals surface area contributed by atoms with Crippen molar-refractivity contribution in [2.75, 3.05) is 23.4 Å². The number of ether oxygens (including phenoxy) is 2. The molecule has 0 aliphatic carbocycles. The van der Waals surface area contributed by atoms with Gasteiger partial charge >= 0.3 is 0 Å². The van der Waals surface area contributed by atoms with Gasteiger partial charge in [-0.25, -0.2) is 4.90 Å². The molecule has 3 aromatic rings. The molecule has 3 aromatic carbocycles. The molecule has 34 heavy (non-hydrogen) atoms. The van der Waals surface area contributed by atoms with Crippen molar-refractivity contribution in [2.45, 2.75) is 27.2 Å². The van der Waals surface area contributed by atoms with E-state index < -0.39 is 11.8 Å². The minimum absolute atomic E-state index is 0.209. The van der Waals surface area contributed by atoms with Gasteiger partial charge in [-0.15, -0.1) is 0 Å². The minimum Gasteiger partial charge on any atom is -0.494 e. The van der Waals surface area contributed by atoms with Crippen molar-refractivity contribution in [1.82, 2.24) is 0 Å². The van der Waals surface area contributed by atoms with Gasteiger partial charge in [-0.2, -0.15) is 0 Å². The van der Waals surface area contributed by atoms with Gasteiger partial charge in [0.2, 0.25) is 0 Å². The molecule has 2 amide bonds. The molecule has 1 aliphatic rings. The van der Waals surface area contributed by atoms with E-state index in [2.05, 4.69) is 5.32 Å². The van der Waals surface area contributed by atoms with Crippen molar-refractivity contribution in [3.8, 4) is 11.5 Å². The second-order valence-electron chi connectivity index (χ2n) is 7.96. The summed E-state index contributed by atoms with van der Waals surface area (Å²) in [5, 5.41) is 3.20. The summed E-state index contributed by atoms with van der Waals surface area (Å²) in [7, 11) is 0. The first kappa shape index (κ1) is 23.1. The Balaban J connectivity index is 1.78. The number of rotatable bonds is 9. The Morgan fingerprint density at radius 1 is 0.853 bits per heavy atom. The number of hydrogen-bond acceptors (Lipinski definition) is 5. The molecule has 174 valence electrons. The average Bonchev–Trinajstić information content (AvgIpc) is 3.09. The van der Waals surface area contributed by atoms with E-state index in [1.54, 1.807) is 18.2 Å². The third-order valence-corrected chi connectivity index (χ3v) is 5.42. The van der Waals surface area contributed by atoms with Crippen molar-refractivity contribution in [3.63, 3.8) is 0 Å². The number of carbonyl (C=O) groups excluding carboxylic acids is 2. The van der Waals surface area contributed by atoms with E-state index in [9.17, 15) is 9.59 Å². The lowest BCUT2D eigenvalue weighted by molar-refractivity contribution is -0.120. The Hall–Kier alpha value is -4.06. The van der Waals surface area contributed by atoms with E-state index in [0.717, 1.165) is 12.0 Å². The molecule has 0 aromatic heterocycles. The van der Waals surface area contributed by atoms with Crippen LogP contribution in [0.3, 0.4) is 0 Å². The molecule has 0 unspecified atom stereocenters. The highest BCUT2D eigenvalue weighted by atomic mass is 16.5. The molecule has 4 rings (SSSR count). The summed E-state index contributed by atoms with van der Waals surface area (Å²) in [5.74, 6) is 0.395. The fourth-order valence-corrected chi connectivity index (χ4v) is 3.79. The number of imide groups is 1. The molecule has 0 radical (unpaired) electrons. The maximum Gasteiger partial charge on any atom is 0.282 e. The number of para-hydroxylation sites is 2. The van der Waals surface area contributed by atoms with E-state index >= 15 is 0 Å². The molecule has 0 bridgehead atoms. The minimum atomic E-state index is -0.431. The van der Waals surface area contributed by atoms with Crippen LogP contribution in [0.1, 0.15) is 31.4 Å². The van der Waals surface area contributed by atoms with Crippen LogP contribution < -0.4 is 19.7 Å². The van der Waals surface area contributed by atoms with Crippen LogP contribution in [0.25, 0.3) is 5.57 Å². The van der Waals surface area contributed by atoms with Gasteiger partial charge < -0.3 is 14.8 Å². The van der Waals surface area contributed by atoms with Gasteiger partial charge in [0, 0.05) is 6.07 Å². The molecule has 1 aliphatic heterocycles. The number of aryl methyl sites for hydroxylation is 1. The number of nitrogens with one attached hydrogen (secondary N) is 1. The van der Waals surface area contributed by atoms with Crippen LogP contribution in [0.5, 0.6) is 11.5 Å². The van der Waals surface area contributed by atoms with Crippen molar-refractivity contribution >= 4 is 28.8 Å². The van der Waals surface area contributed by atoms with Gasteiger partial charge in [0.1, 0.15) is 17.2 Å². The van der Waals surface area contributed by atoms with Crippen LogP contribution in [0.15, 0.2) is 78.5 Å². The summed E-state index contributed by atoms with van der Waals surface area (Å²) in [6.07, 6.45) is 0.859. The molecule has 0 saturated carbocycles. The van der Waals surface area contributed by atoms with Crippen LogP contribution in [0.4, 0.5) is 11.4 Å². The number of hydrogen-bond donors (Lipinski definition) is 1. The summed E-state index contributed by atoms with van der Waals surface area (Å²) >= 11 is 0. The molecule has 1 heterocycles. The first-order valence-corrected chi connectivity index (χ1v) is 11.4. The molecule has 0 spiro atoms. The quantitative estimate of drug-likeness (QED) is 0.426. The van der Waals surface area contributed by atoms with Gasteiger partial charge in [0.05, 0.1) is 30.2 Å². The smallest absolute Gasteiger partial charge is 0.282 e. The lowest BCUT2D eigenvalue weighted by Crippen LogP contribution is -2.32. The zero-order valence-electron chi connectivity index (χ0n) is 19.6. The molecule has 0 atom stereocenters. The highest BCUT2D eigenvalue weighted by Gasteiger charge is 2.40. The normalized spacial score (nSPS) is 13.4. The number of anilines is 2. The highest BCUT2D eigenvalue weighted by Crippen LogP contribution is 2.36. The Morgan fingerprint density at radius 3 is 2.35 bits per heavy atom. The molecular weight excluding hydrogens is 428 g/mol. The maximum atomic E-state index is 13.7. The summed E-state index contributed by atoms with van der Waals surface area (Å²) in [5.41, 5.74) is 3.34. The molecule has 1 N–H and O–H groups in total. The van der Waals surface area contributed by atoms with E-state index in [0.29, 0.717) is 47.2 Å². The number of nitrogens with zero attached hydrogens (tertiary/aromatic N) is 1. The zero-order valence-corrected chi connectivity index (χ0v) is 19.6. The summed E-state index contributed by atoms with van der Waals surface area (Å²) in [4.78, 5) is 28.5. The zero-order chi connectivity index (χ0) is 24.1. The first-order valence-electron chi connectivity index (χ1n) is 11.4. The lowest BCUT2D eigenvalue weighted by Gasteiger charge is -2.17. The van der Waals surface area contributed by atoms with E-state index in [1.165, 1.54) is 4.90 Å². The summed E-state index contributed by atoms with van der Waals surface area (Å²) < 4.78 is 11.4. The third kappa shape index (κ3) is 4.66. The largest absolute Gasteiger partial charge is 0.494 e. The van der Waals surface area contributed by atoms with E-state index in [4.69, 9.17) is 9.47 Å². The lowest BCUT2D eigenvalue weighted by atomic mass is 10.0. The number of amides is 2. The second kappa shape index (κ2) is 10.3. The fraction of sp³-hybridized carbons (Fsp3) is 0.214. The predicted molar refractivity (Wildman–Crippen MR) is 134 cm³/mol. The van der Waals surface area contributed by atoms with Crippen molar-refractivity contribution in [3.05, 3.63) is 89.6 Å². The average molecular weight is 457 g/mol. The van der Waals surface area contributed by atoms with E-state index in [-0.39, 0.29) is 5.70 Å². The van der Waals surface area contributed by atoms with Crippen LogP contribution in [0.2, 0.25) is 0 Å². The van der Waals surface area contributed by atoms with Gasteiger partial charge in [-0.3, -0.25) is 9.59 Å². The Kier molecular flexibility index (Phi) is 6.97. The molecule has 0 fully saturated rings. The molecule has 6 nitrogen and oxygen atoms in total. The summed E-state index contributed by atoms with van der Waals surface area (Å²) in [6, 6.07) is 22.0.